The van der Waals surface area contributed by atoms with E-state index in [0.29, 0.717) is 6.54 Å². The molecule has 0 unspecified atom stereocenters. The molecule has 0 aliphatic heterocycles. The number of ether oxygens (including phenoxy) is 1. The van der Waals surface area contributed by atoms with Gasteiger partial charge in [-0.05, 0) is 13.3 Å². The quantitative estimate of drug-likeness (QED) is 0.700. The molecule has 1 heterocycles. The number of nitrogens with one attached hydrogen (secondary N) is 2. The molecule has 0 saturated heterocycles. The van der Waals surface area contributed by atoms with Crippen LogP contribution in [0.5, 0.6) is 0 Å². The van der Waals surface area contributed by atoms with Gasteiger partial charge < -0.3 is 19.8 Å². The van der Waals surface area contributed by atoms with Gasteiger partial charge in [-0.15, -0.1) is 0 Å². The summed E-state index contributed by atoms with van der Waals surface area (Å²) in [7, 11) is 0. The van der Waals surface area contributed by atoms with Crippen LogP contribution >= 0.6 is 0 Å². The van der Waals surface area contributed by atoms with Crippen LogP contribution in [0.1, 0.15) is 30.8 Å². The number of hydrogen-bond donors (Lipinski definition) is 2. The van der Waals surface area contributed by atoms with E-state index in [1.54, 1.807) is 6.92 Å². The Hall–Kier alpha value is -2.05. The average molecular weight is 255 g/mol. The molecule has 0 bridgehead atoms. The highest BCUT2D eigenvalue weighted by Gasteiger charge is 2.13. The van der Waals surface area contributed by atoms with E-state index >= 15 is 0 Å². The van der Waals surface area contributed by atoms with E-state index in [-0.39, 0.29) is 30.8 Å². The first-order valence-electron chi connectivity index (χ1n) is 5.80. The minimum Gasteiger partial charge on any atom is -0.461 e. The van der Waals surface area contributed by atoms with Crippen molar-refractivity contribution in [1.29, 1.82) is 0 Å². The SMILES string of the molecule is CCCNC(=O)CNc1nc(C(=O)OCC)co1. The van der Waals surface area contributed by atoms with Crippen LogP contribution in [-0.4, -0.2) is 36.6 Å². The normalized spacial score (nSPS) is 9.89. The highest BCUT2D eigenvalue weighted by molar-refractivity contribution is 5.87. The Morgan fingerprint density at radius 3 is 2.89 bits per heavy atom. The Kier molecular flexibility index (Phi) is 5.69. The molecule has 1 rings (SSSR count). The van der Waals surface area contributed by atoms with Crippen LogP contribution in [0.25, 0.3) is 0 Å². The fourth-order valence-corrected chi connectivity index (χ4v) is 1.14. The van der Waals surface area contributed by atoms with Crippen LogP contribution in [0.3, 0.4) is 0 Å². The molecule has 1 amide bonds. The minimum atomic E-state index is -0.551. The van der Waals surface area contributed by atoms with E-state index in [1.807, 2.05) is 6.92 Å². The topological polar surface area (TPSA) is 93.5 Å². The molecule has 0 aliphatic rings. The molecule has 7 nitrogen and oxygen atoms in total. The van der Waals surface area contributed by atoms with Gasteiger partial charge in [0.05, 0.1) is 13.2 Å². The maximum atomic E-state index is 11.3. The maximum absolute atomic E-state index is 11.3. The predicted octanol–water partition coefficient (Wildman–Crippen LogP) is 0.789. The van der Waals surface area contributed by atoms with Gasteiger partial charge in [-0.1, -0.05) is 6.92 Å². The van der Waals surface area contributed by atoms with E-state index in [9.17, 15) is 9.59 Å². The molecular formula is C11H17N3O4. The van der Waals surface area contributed by atoms with Gasteiger partial charge in [0.15, 0.2) is 5.69 Å². The first-order valence-corrected chi connectivity index (χ1v) is 5.80. The summed E-state index contributed by atoms with van der Waals surface area (Å²) in [4.78, 5) is 26.4. The Bertz CT molecular complexity index is 403. The van der Waals surface area contributed by atoms with Crippen LogP contribution < -0.4 is 10.6 Å². The van der Waals surface area contributed by atoms with E-state index in [4.69, 9.17) is 9.15 Å². The van der Waals surface area contributed by atoms with Crippen molar-refractivity contribution in [2.24, 2.45) is 0 Å². The van der Waals surface area contributed by atoms with Gasteiger partial charge in [0, 0.05) is 6.54 Å². The zero-order chi connectivity index (χ0) is 13.4. The summed E-state index contributed by atoms with van der Waals surface area (Å²) >= 11 is 0. The Balaban J connectivity index is 2.39. The minimum absolute atomic E-state index is 0.0444. The van der Waals surface area contributed by atoms with Crippen LogP contribution in [0.15, 0.2) is 10.7 Å². The third-order valence-corrected chi connectivity index (χ3v) is 1.96. The number of amides is 1. The first-order chi connectivity index (χ1) is 8.67. The molecule has 0 fully saturated rings. The third kappa shape index (κ3) is 4.44. The largest absolute Gasteiger partial charge is 0.461 e. The number of rotatable bonds is 7. The summed E-state index contributed by atoms with van der Waals surface area (Å²) in [6.07, 6.45) is 2.06. The molecule has 0 radical (unpaired) electrons. The molecule has 0 aliphatic carbocycles. The second-order valence-electron chi connectivity index (χ2n) is 3.46. The summed E-state index contributed by atoms with van der Waals surface area (Å²) in [5.74, 6) is -0.711. The number of esters is 1. The van der Waals surface area contributed by atoms with Crippen molar-refractivity contribution < 1.29 is 18.7 Å². The molecule has 0 saturated carbocycles. The highest BCUT2D eigenvalue weighted by Crippen LogP contribution is 2.08. The first kappa shape index (κ1) is 14.0. The molecular weight excluding hydrogens is 238 g/mol. The number of aromatic nitrogens is 1. The Labute approximate surface area is 105 Å². The van der Waals surface area contributed by atoms with Gasteiger partial charge in [0.2, 0.25) is 5.91 Å². The van der Waals surface area contributed by atoms with Gasteiger partial charge in [0.25, 0.3) is 6.01 Å². The number of carbonyl (C=O) groups excluding carboxylic acids is 2. The van der Waals surface area contributed by atoms with Crippen molar-refractivity contribution in [2.75, 3.05) is 25.0 Å². The maximum Gasteiger partial charge on any atom is 0.360 e. The molecule has 100 valence electrons. The van der Waals surface area contributed by atoms with Crippen molar-refractivity contribution in [3.63, 3.8) is 0 Å². The van der Waals surface area contributed by atoms with Gasteiger partial charge in [-0.2, -0.15) is 4.98 Å². The number of carbonyl (C=O) groups is 2. The molecule has 1 aromatic rings. The number of nitrogens with zero attached hydrogens (tertiary/aromatic N) is 1. The van der Waals surface area contributed by atoms with E-state index in [0.717, 1.165) is 6.42 Å². The van der Waals surface area contributed by atoms with Crippen molar-refractivity contribution in [2.45, 2.75) is 20.3 Å². The smallest absolute Gasteiger partial charge is 0.360 e. The van der Waals surface area contributed by atoms with Crippen LogP contribution in [0.4, 0.5) is 6.01 Å². The van der Waals surface area contributed by atoms with Crippen LogP contribution in [0, 0.1) is 0 Å². The van der Waals surface area contributed by atoms with E-state index in [1.165, 1.54) is 6.26 Å². The number of anilines is 1. The lowest BCUT2D eigenvalue weighted by atomic mass is 10.4. The standard InChI is InChI=1S/C11H17N3O4/c1-3-5-12-9(15)6-13-11-14-8(7-18-11)10(16)17-4-2/h7H,3-6H2,1-2H3,(H,12,15)(H,13,14). The molecule has 2 N–H and O–H groups in total. The van der Waals surface area contributed by atoms with Crippen molar-refractivity contribution >= 4 is 17.9 Å². The van der Waals surface area contributed by atoms with Gasteiger partial charge in [0.1, 0.15) is 6.26 Å². The molecule has 18 heavy (non-hydrogen) atoms. The third-order valence-electron chi connectivity index (χ3n) is 1.96. The lowest BCUT2D eigenvalue weighted by Crippen LogP contribution is -2.30. The van der Waals surface area contributed by atoms with Crippen molar-refractivity contribution in [3.05, 3.63) is 12.0 Å². The molecule has 0 atom stereocenters. The second-order valence-corrected chi connectivity index (χ2v) is 3.46. The van der Waals surface area contributed by atoms with E-state index < -0.39 is 5.97 Å². The Morgan fingerprint density at radius 2 is 2.22 bits per heavy atom. The Morgan fingerprint density at radius 1 is 1.44 bits per heavy atom. The van der Waals surface area contributed by atoms with Crippen LogP contribution in [-0.2, 0) is 9.53 Å². The van der Waals surface area contributed by atoms with Crippen molar-refractivity contribution in [3.8, 4) is 0 Å². The monoisotopic (exact) mass is 255 g/mol. The summed E-state index contributed by atoms with van der Waals surface area (Å²) in [5, 5.41) is 5.36. The van der Waals surface area contributed by atoms with Crippen LogP contribution in [0.2, 0.25) is 0 Å². The summed E-state index contributed by atoms with van der Waals surface area (Å²) < 4.78 is 9.74. The molecule has 0 spiro atoms. The average Bonchev–Trinajstić information content (AvgIpc) is 2.83. The fourth-order valence-electron chi connectivity index (χ4n) is 1.14. The molecule has 7 heteroatoms. The van der Waals surface area contributed by atoms with E-state index in [2.05, 4.69) is 15.6 Å². The van der Waals surface area contributed by atoms with Gasteiger partial charge in [-0.25, -0.2) is 4.79 Å². The molecule has 1 aromatic heterocycles. The summed E-state index contributed by atoms with van der Waals surface area (Å²) in [6, 6.07) is 0.115. The lowest BCUT2D eigenvalue weighted by Gasteiger charge is -2.02. The zero-order valence-corrected chi connectivity index (χ0v) is 10.5. The van der Waals surface area contributed by atoms with Gasteiger partial charge >= 0.3 is 5.97 Å². The summed E-state index contributed by atoms with van der Waals surface area (Å²) in [5.41, 5.74) is 0.0771. The van der Waals surface area contributed by atoms with Gasteiger partial charge in [-0.3, -0.25) is 4.79 Å². The fraction of sp³-hybridized carbons (Fsp3) is 0.545. The molecule has 0 aromatic carbocycles. The lowest BCUT2D eigenvalue weighted by molar-refractivity contribution is -0.119. The predicted molar refractivity (Wildman–Crippen MR) is 64.2 cm³/mol. The number of oxazole rings is 1. The second kappa shape index (κ2) is 7.31. The summed E-state index contributed by atoms with van der Waals surface area (Å²) in [6.45, 7) is 4.61. The number of hydrogen-bond acceptors (Lipinski definition) is 6. The van der Waals surface area contributed by atoms with Crippen molar-refractivity contribution in [1.82, 2.24) is 10.3 Å². The zero-order valence-electron chi connectivity index (χ0n) is 10.5. The highest BCUT2D eigenvalue weighted by atomic mass is 16.5.